The van der Waals surface area contributed by atoms with E-state index in [-0.39, 0.29) is 18.4 Å². The number of nitrogens with zero attached hydrogens (tertiary/aromatic N) is 2. The molecule has 1 aliphatic rings. The zero-order valence-electron chi connectivity index (χ0n) is 17.3. The molecule has 2 amide bonds. The summed E-state index contributed by atoms with van der Waals surface area (Å²) < 4.78 is 0. The van der Waals surface area contributed by atoms with Crippen LogP contribution in [0.5, 0.6) is 0 Å². The minimum atomic E-state index is -0.689. The van der Waals surface area contributed by atoms with E-state index in [9.17, 15) is 14.7 Å². The molecule has 0 saturated carbocycles. The predicted octanol–water partition coefficient (Wildman–Crippen LogP) is 3.90. The van der Waals surface area contributed by atoms with Gasteiger partial charge in [-0.3, -0.25) is 9.59 Å². The van der Waals surface area contributed by atoms with E-state index in [1.807, 2.05) is 17.9 Å². The van der Waals surface area contributed by atoms with Crippen molar-refractivity contribution in [1.82, 2.24) is 15.3 Å². The lowest BCUT2D eigenvalue weighted by Gasteiger charge is -2.23. The number of halogens is 1. The van der Waals surface area contributed by atoms with Crippen LogP contribution in [0.1, 0.15) is 53.5 Å². The number of hydrogen-bond acceptors (Lipinski definition) is 4. The van der Waals surface area contributed by atoms with Gasteiger partial charge in [0.25, 0.3) is 5.91 Å². The van der Waals surface area contributed by atoms with Crippen LogP contribution in [-0.4, -0.2) is 40.0 Å². The lowest BCUT2D eigenvalue weighted by atomic mass is 10.1. The van der Waals surface area contributed by atoms with Crippen molar-refractivity contribution in [2.45, 2.75) is 38.6 Å². The second-order valence-corrected chi connectivity index (χ2v) is 8.29. The number of aromatic amines is 1. The van der Waals surface area contributed by atoms with Crippen molar-refractivity contribution >= 4 is 40.1 Å². The molecule has 162 valence electrons. The molecular weight excluding hydrogens is 416 g/mol. The Kier molecular flexibility index (Phi) is 6.25. The predicted molar refractivity (Wildman–Crippen MR) is 120 cm³/mol. The molecule has 7 nitrogen and oxygen atoms in total. The fourth-order valence-electron chi connectivity index (χ4n) is 3.95. The van der Waals surface area contributed by atoms with Crippen LogP contribution < -0.4 is 10.2 Å². The van der Waals surface area contributed by atoms with E-state index in [0.29, 0.717) is 34.9 Å². The van der Waals surface area contributed by atoms with E-state index >= 15 is 0 Å². The molecule has 4 rings (SSSR count). The smallest absolute Gasteiger partial charge is 0.251 e. The van der Waals surface area contributed by atoms with E-state index in [1.165, 1.54) is 0 Å². The molecular formula is C23H25ClN4O3. The molecule has 1 unspecified atom stereocenters. The van der Waals surface area contributed by atoms with Crippen LogP contribution >= 0.6 is 11.6 Å². The summed E-state index contributed by atoms with van der Waals surface area (Å²) in [6.45, 7) is 2.29. The highest BCUT2D eigenvalue weighted by molar-refractivity contribution is 6.31. The number of rotatable bonds is 5. The van der Waals surface area contributed by atoms with Gasteiger partial charge in [0, 0.05) is 29.2 Å². The highest BCUT2D eigenvalue weighted by Gasteiger charge is 2.22. The van der Waals surface area contributed by atoms with Crippen molar-refractivity contribution in [2.75, 3.05) is 18.1 Å². The van der Waals surface area contributed by atoms with Gasteiger partial charge >= 0.3 is 0 Å². The normalized spacial score (nSPS) is 15.7. The third-order valence-electron chi connectivity index (χ3n) is 5.60. The standard InChI is InChI=1S/C23H25ClN4O3/c1-14-11-15(6-9-20(14)28-10-4-2-3-5-21(28)30)23(31)27-19(13-29)22-25-17-8-7-16(24)12-18(17)26-22/h6-9,11-12,19,29H,2-5,10,13H2,1H3,(H,25,26)(H,27,31). The number of carbonyl (C=O) groups is 2. The van der Waals surface area contributed by atoms with Crippen LogP contribution in [0.15, 0.2) is 36.4 Å². The number of aromatic nitrogens is 2. The number of benzene rings is 2. The molecule has 0 radical (unpaired) electrons. The van der Waals surface area contributed by atoms with Crippen LogP contribution in [-0.2, 0) is 4.79 Å². The Bertz CT molecular complexity index is 1130. The first kappa shape index (κ1) is 21.3. The van der Waals surface area contributed by atoms with Gasteiger partial charge in [-0.05, 0) is 61.7 Å². The summed E-state index contributed by atoms with van der Waals surface area (Å²) in [5, 5.41) is 13.2. The van der Waals surface area contributed by atoms with Crippen LogP contribution in [0, 0.1) is 6.92 Å². The first-order chi connectivity index (χ1) is 15.0. The van der Waals surface area contributed by atoms with Crippen LogP contribution in [0.4, 0.5) is 5.69 Å². The molecule has 3 N–H and O–H groups in total. The topological polar surface area (TPSA) is 98.3 Å². The van der Waals surface area contributed by atoms with Gasteiger partial charge in [0.05, 0.1) is 17.6 Å². The number of amides is 2. The Morgan fingerprint density at radius 2 is 2.10 bits per heavy atom. The summed E-state index contributed by atoms with van der Waals surface area (Å²) in [5.41, 5.74) is 3.60. The van der Waals surface area contributed by atoms with Gasteiger partial charge < -0.3 is 20.3 Å². The van der Waals surface area contributed by atoms with Crippen molar-refractivity contribution in [2.24, 2.45) is 0 Å². The highest BCUT2D eigenvalue weighted by Crippen LogP contribution is 2.26. The van der Waals surface area contributed by atoms with Gasteiger partial charge in [0.15, 0.2) is 0 Å². The Labute approximate surface area is 185 Å². The number of fused-ring (bicyclic) bond motifs is 1. The molecule has 1 aliphatic heterocycles. The molecule has 3 aromatic rings. The van der Waals surface area contributed by atoms with Crippen molar-refractivity contribution in [3.05, 3.63) is 58.4 Å². The third-order valence-corrected chi connectivity index (χ3v) is 5.84. The second-order valence-electron chi connectivity index (χ2n) is 7.85. The minimum Gasteiger partial charge on any atom is -0.394 e. The number of aliphatic hydroxyl groups is 1. The van der Waals surface area contributed by atoms with Gasteiger partial charge in [0.1, 0.15) is 11.9 Å². The molecule has 8 heteroatoms. The van der Waals surface area contributed by atoms with E-state index in [2.05, 4.69) is 15.3 Å². The van der Waals surface area contributed by atoms with Crippen LogP contribution in [0.3, 0.4) is 0 Å². The van der Waals surface area contributed by atoms with Gasteiger partial charge in [-0.1, -0.05) is 18.0 Å². The summed E-state index contributed by atoms with van der Waals surface area (Å²) in [4.78, 5) is 34.6. The second kappa shape index (κ2) is 9.08. The Morgan fingerprint density at radius 1 is 1.26 bits per heavy atom. The van der Waals surface area contributed by atoms with Crippen molar-refractivity contribution in [1.29, 1.82) is 0 Å². The van der Waals surface area contributed by atoms with E-state index < -0.39 is 6.04 Å². The van der Waals surface area contributed by atoms with Gasteiger partial charge in [-0.2, -0.15) is 0 Å². The molecule has 31 heavy (non-hydrogen) atoms. The van der Waals surface area contributed by atoms with Crippen LogP contribution in [0.25, 0.3) is 11.0 Å². The number of H-pyrrole nitrogens is 1. The number of aryl methyl sites for hydroxylation is 1. The maximum absolute atomic E-state index is 12.9. The zero-order valence-corrected chi connectivity index (χ0v) is 18.1. The average molecular weight is 441 g/mol. The molecule has 1 fully saturated rings. The molecule has 2 aromatic carbocycles. The number of aliphatic hydroxyl groups excluding tert-OH is 1. The fraction of sp³-hybridized carbons (Fsp3) is 0.348. The van der Waals surface area contributed by atoms with Crippen molar-refractivity contribution in [3.63, 3.8) is 0 Å². The average Bonchev–Trinajstić information content (AvgIpc) is 3.05. The Balaban J connectivity index is 1.52. The van der Waals surface area contributed by atoms with Crippen molar-refractivity contribution < 1.29 is 14.7 Å². The van der Waals surface area contributed by atoms with E-state index in [0.717, 1.165) is 36.0 Å². The number of anilines is 1. The first-order valence-corrected chi connectivity index (χ1v) is 10.8. The van der Waals surface area contributed by atoms with Gasteiger partial charge in [0.2, 0.25) is 5.91 Å². The molecule has 1 atom stereocenters. The summed E-state index contributed by atoms with van der Waals surface area (Å²) in [7, 11) is 0. The SMILES string of the molecule is Cc1cc(C(=O)NC(CO)c2nc3ccc(Cl)cc3[nH]2)ccc1N1CCCCCC1=O. The fourth-order valence-corrected chi connectivity index (χ4v) is 4.12. The first-order valence-electron chi connectivity index (χ1n) is 10.4. The quantitative estimate of drug-likeness (QED) is 0.560. The number of imidazole rings is 1. The maximum atomic E-state index is 12.9. The summed E-state index contributed by atoms with van der Waals surface area (Å²) in [6.07, 6.45) is 3.51. The molecule has 0 aliphatic carbocycles. The largest absolute Gasteiger partial charge is 0.394 e. The lowest BCUT2D eigenvalue weighted by Crippen LogP contribution is -2.32. The molecule has 2 heterocycles. The molecule has 1 saturated heterocycles. The lowest BCUT2D eigenvalue weighted by molar-refractivity contribution is -0.118. The Morgan fingerprint density at radius 3 is 2.87 bits per heavy atom. The highest BCUT2D eigenvalue weighted by atomic mass is 35.5. The molecule has 0 bridgehead atoms. The molecule has 0 spiro atoms. The maximum Gasteiger partial charge on any atom is 0.251 e. The number of hydrogen-bond donors (Lipinski definition) is 3. The number of carbonyl (C=O) groups excluding carboxylic acids is 2. The Hall–Kier alpha value is -2.90. The third kappa shape index (κ3) is 4.57. The molecule has 1 aromatic heterocycles. The van der Waals surface area contributed by atoms with Gasteiger partial charge in [-0.25, -0.2) is 4.98 Å². The van der Waals surface area contributed by atoms with E-state index in [1.54, 1.807) is 30.3 Å². The number of nitrogens with one attached hydrogen (secondary N) is 2. The summed E-state index contributed by atoms with van der Waals surface area (Å²) in [5.74, 6) is 0.258. The van der Waals surface area contributed by atoms with Gasteiger partial charge in [-0.15, -0.1) is 0 Å². The minimum absolute atomic E-state index is 0.128. The summed E-state index contributed by atoms with van der Waals surface area (Å²) >= 11 is 6.02. The monoisotopic (exact) mass is 440 g/mol. The summed E-state index contributed by atoms with van der Waals surface area (Å²) in [6, 6.07) is 9.88. The van der Waals surface area contributed by atoms with Crippen molar-refractivity contribution in [3.8, 4) is 0 Å². The van der Waals surface area contributed by atoms with E-state index in [4.69, 9.17) is 11.6 Å². The zero-order chi connectivity index (χ0) is 22.0. The van der Waals surface area contributed by atoms with Crippen LogP contribution in [0.2, 0.25) is 5.02 Å².